The van der Waals surface area contributed by atoms with Gasteiger partial charge in [0.1, 0.15) is 11.4 Å². The number of phenols is 1. The SMILES string of the molecule is CN(c1nc(C(F)(F)F)ccc1Cl)N1C(=O)C2CC=C3C(CC4(Cl)C(=O)N(CBr)C(=O)C4(Cl)C3c3ccc(O)cc3)C2C1=O. The van der Waals surface area contributed by atoms with E-state index in [4.69, 9.17) is 34.8 Å². The van der Waals surface area contributed by atoms with E-state index in [1.165, 1.54) is 31.3 Å². The van der Waals surface area contributed by atoms with Crippen LogP contribution in [0.3, 0.4) is 0 Å². The molecule has 3 heterocycles. The van der Waals surface area contributed by atoms with Crippen LogP contribution in [0.4, 0.5) is 19.0 Å². The lowest BCUT2D eigenvalue weighted by Crippen LogP contribution is -2.60. The molecule has 232 valence electrons. The van der Waals surface area contributed by atoms with E-state index in [0.29, 0.717) is 22.2 Å². The zero-order chi connectivity index (χ0) is 32.1. The van der Waals surface area contributed by atoms with E-state index >= 15 is 0 Å². The number of hydrogen-bond donors (Lipinski definition) is 1. The van der Waals surface area contributed by atoms with Crippen LogP contribution in [0, 0.1) is 17.8 Å². The second-order valence-corrected chi connectivity index (χ2v) is 13.2. The van der Waals surface area contributed by atoms with Crippen LogP contribution in [0.15, 0.2) is 48.0 Å². The third-order valence-corrected chi connectivity index (χ3v) is 11.2. The summed E-state index contributed by atoms with van der Waals surface area (Å²) in [5, 5.41) is 11.3. The first-order chi connectivity index (χ1) is 20.6. The fourth-order valence-corrected chi connectivity index (χ4v) is 8.64. The van der Waals surface area contributed by atoms with Crippen molar-refractivity contribution in [2.75, 3.05) is 17.5 Å². The number of imide groups is 2. The highest BCUT2D eigenvalue weighted by Gasteiger charge is 2.76. The van der Waals surface area contributed by atoms with Gasteiger partial charge in [-0.05, 0) is 48.6 Å². The Hall–Kier alpha value is -2.87. The van der Waals surface area contributed by atoms with Gasteiger partial charge in [-0.2, -0.15) is 18.2 Å². The molecule has 4 amide bonds. The molecule has 2 aromatic rings. The molecule has 2 saturated heterocycles. The third kappa shape index (κ3) is 4.15. The molecule has 1 aromatic carbocycles. The number of carbonyl (C=O) groups is 4. The van der Waals surface area contributed by atoms with E-state index in [1.54, 1.807) is 6.08 Å². The van der Waals surface area contributed by atoms with Crippen molar-refractivity contribution in [1.29, 1.82) is 0 Å². The highest BCUT2D eigenvalue weighted by Crippen LogP contribution is 2.65. The van der Waals surface area contributed by atoms with Crippen molar-refractivity contribution in [3.8, 4) is 5.75 Å². The van der Waals surface area contributed by atoms with E-state index in [-0.39, 0.29) is 29.1 Å². The van der Waals surface area contributed by atoms with E-state index in [9.17, 15) is 37.5 Å². The Kier molecular flexibility index (Phi) is 7.31. The Balaban J connectivity index is 1.45. The maximum Gasteiger partial charge on any atom is 0.433 e. The first-order valence-corrected chi connectivity index (χ1v) is 15.5. The van der Waals surface area contributed by atoms with Crippen LogP contribution in [0.25, 0.3) is 0 Å². The second-order valence-electron chi connectivity index (χ2n) is 11.1. The van der Waals surface area contributed by atoms with Crippen LogP contribution in [-0.4, -0.2) is 65.9 Å². The van der Waals surface area contributed by atoms with Crippen LogP contribution < -0.4 is 5.01 Å². The maximum absolute atomic E-state index is 14.1. The minimum atomic E-state index is -4.81. The monoisotopic (exact) mass is 734 g/mol. The normalized spacial score (nSPS) is 31.6. The van der Waals surface area contributed by atoms with Gasteiger partial charge in [0.25, 0.3) is 23.6 Å². The van der Waals surface area contributed by atoms with Crippen molar-refractivity contribution < 1.29 is 37.5 Å². The summed E-state index contributed by atoms with van der Waals surface area (Å²) < 4.78 is 40.3. The average Bonchev–Trinajstić information content (AvgIpc) is 3.30. The zero-order valence-electron chi connectivity index (χ0n) is 22.5. The Morgan fingerprint density at radius 2 is 1.70 bits per heavy atom. The van der Waals surface area contributed by atoms with E-state index in [1.807, 2.05) is 0 Å². The molecule has 2 aliphatic heterocycles. The smallest absolute Gasteiger partial charge is 0.433 e. The first-order valence-electron chi connectivity index (χ1n) is 13.2. The molecule has 0 spiro atoms. The van der Waals surface area contributed by atoms with Crippen molar-refractivity contribution in [2.24, 2.45) is 17.8 Å². The second kappa shape index (κ2) is 10.3. The summed E-state index contributed by atoms with van der Waals surface area (Å²) in [5.41, 5.74) is -0.495. The summed E-state index contributed by atoms with van der Waals surface area (Å²) in [4.78, 5) is 55.7. The van der Waals surface area contributed by atoms with Gasteiger partial charge in [0.05, 0.1) is 22.3 Å². The molecule has 2 aliphatic carbocycles. The number of benzene rings is 1. The molecule has 1 saturated carbocycles. The Morgan fingerprint density at radius 1 is 1.05 bits per heavy atom. The first kappa shape index (κ1) is 31.1. The summed E-state index contributed by atoms with van der Waals surface area (Å²) in [5.74, 6) is -7.42. The van der Waals surface area contributed by atoms with Gasteiger partial charge in [0.2, 0.25) is 0 Å². The van der Waals surface area contributed by atoms with Crippen molar-refractivity contribution in [3.63, 3.8) is 0 Å². The number of nitrogens with zero attached hydrogens (tertiary/aromatic N) is 4. The van der Waals surface area contributed by atoms with Crippen LogP contribution in [0.2, 0.25) is 5.02 Å². The van der Waals surface area contributed by atoms with E-state index in [0.717, 1.165) is 16.0 Å². The van der Waals surface area contributed by atoms with Crippen LogP contribution in [0.1, 0.15) is 30.0 Å². The summed E-state index contributed by atoms with van der Waals surface area (Å²) in [6.45, 7) is 0. The van der Waals surface area contributed by atoms with Gasteiger partial charge >= 0.3 is 6.18 Å². The molecular weight excluding hydrogens is 716 g/mol. The maximum atomic E-state index is 14.1. The number of pyridine rings is 1. The minimum Gasteiger partial charge on any atom is -0.508 e. The van der Waals surface area contributed by atoms with Crippen LogP contribution in [0.5, 0.6) is 5.75 Å². The lowest BCUT2D eigenvalue weighted by atomic mass is 9.56. The largest absolute Gasteiger partial charge is 0.508 e. The number of anilines is 1. The zero-order valence-corrected chi connectivity index (χ0v) is 26.3. The van der Waals surface area contributed by atoms with Crippen molar-refractivity contribution in [3.05, 3.63) is 64.3 Å². The summed E-state index contributed by atoms with van der Waals surface area (Å²) in [6.07, 6.45) is -3.33. The summed E-state index contributed by atoms with van der Waals surface area (Å²) in [6, 6.07) is 7.50. The lowest BCUT2D eigenvalue weighted by molar-refractivity contribution is -0.142. The molecule has 3 fully saturated rings. The Bertz CT molecular complexity index is 1660. The van der Waals surface area contributed by atoms with Gasteiger partial charge in [-0.25, -0.2) is 4.98 Å². The minimum absolute atomic E-state index is 0.0380. The number of aromatic hydroxyl groups is 1. The lowest BCUT2D eigenvalue weighted by Gasteiger charge is -2.50. The number of alkyl halides is 6. The molecule has 16 heteroatoms. The quantitative estimate of drug-likeness (QED) is 0.198. The molecule has 1 aromatic heterocycles. The van der Waals surface area contributed by atoms with Gasteiger partial charge in [-0.3, -0.25) is 29.1 Å². The number of carbonyl (C=O) groups excluding carboxylic acids is 4. The van der Waals surface area contributed by atoms with Gasteiger partial charge < -0.3 is 5.11 Å². The molecule has 4 aliphatic rings. The highest BCUT2D eigenvalue weighted by molar-refractivity contribution is 9.09. The van der Waals surface area contributed by atoms with Crippen LogP contribution in [-0.2, 0) is 25.4 Å². The Morgan fingerprint density at radius 3 is 2.32 bits per heavy atom. The van der Waals surface area contributed by atoms with Gasteiger partial charge in [0, 0.05) is 13.0 Å². The summed E-state index contributed by atoms with van der Waals surface area (Å²) >= 11 is 23.6. The molecule has 0 radical (unpaired) electrons. The fourth-order valence-electron chi connectivity index (χ4n) is 6.98. The van der Waals surface area contributed by atoms with Crippen molar-refractivity contribution >= 4 is 80.2 Å². The number of amides is 4. The van der Waals surface area contributed by atoms with Gasteiger partial charge in [-0.15, -0.1) is 23.2 Å². The number of likely N-dealkylation sites (tertiary alicyclic amines) is 1. The van der Waals surface area contributed by atoms with Gasteiger partial charge in [0.15, 0.2) is 15.6 Å². The summed E-state index contributed by atoms with van der Waals surface area (Å²) in [7, 11) is 1.20. The number of hydrogen-bond acceptors (Lipinski definition) is 7. The molecule has 6 rings (SSSR count). The predicted molar refractivity (Wildman–Crippen MR) is 156 cm³/mol. The number of rotatable bonds is 4. The van der Waals surface area contributed by atoms with Crippen molar-refractivity contribution in [2.45, 2.75) is 34.7 Å². The van der Waals surface area contributed by atoms with Crippen molar-refractivity contribution in [1.82, 2.24) is 14.9 Å². The molecule has 6 unspecified atom stereocenters. The number of fused-ring (bicyclic) bond motifs is 4. The third-order valence-electron chi connectivity index (χ3n) is 8.94. The van der Waals surface area contributed by atoms with Crippen LogP contribution >= 0.6 is 50.7 Å². The number of hydrazine groups is 1. The topological polar surface area (TPSA) is 111 Å². The Labute approximate surface area is 271 Å². The number of halogens is 7. The molecule has 9 nitrogen and oxygen atoms in total. The molecule has 1 N–H and O–H groups in total. The predicted octanol–water partition coefficient (Wildman–Crippen LogP) is 5.22. The molecular formula is C28H21BrCl3F3N4O5. The molecule has 44 heavy (non-hydrogen) atoms. The average molecular weight is 737 g/mol. The number of phenolic OH excluding ortho intramolecular Hbond substituents is 1. The van der Waals surface area contributed by atoms with E-state index in [2.05, 4.69) is 20.9 Å². The number of allylic oxidation sites excluding steroid dienone is 2. The fraction of sp³-hybridized carbons (Fsp3) is 0.393. The molecule has 6 atom stereocenters. The van der Waals surface area contributed by atoms with Gasteiger partial charge in [-0.1, -0.05) is 51.3 Å². The molecule has 0 bridgehead atoms. The van der Waals surface area contributed by atoms with E-state index < -0.39 is 74.7 Å². The highest BCUT2D eigenvalue weighted by atomic mass is 79.9. The number of aromatic nitrogens is 1. The standard InChI is InChI=1S/C28H21BrCl3F3N4O5/c1-37(21-17(30)8-9-18(36-21)28(33,34)35)39-22(41)15-7-6-14-16(19(15)23(39)42)10-26(31)24(43)38(11-29)25(44)27(26,32)20(14)12-2-4-13(40)5-3-12/h2-6,8-9,15-16,19-20,40H,7,10-11H2,1H3.